The average Bonchev–Trinajstić information content (AvgIpc) is 2.90. The SMILES string of the molecule is CCN(c1ccccc1)S(=O)(=O)c1ccsc1C(=O)O. The fraction of sp³-hybridized carbons (Fsp3) is 0.154. The van der Waals surface area contributed by atoms with Gasteiger partial charge in [0.25, 0.3) is 10.0 Å². The van der Waals surface area contributed by atoms with Crippen LogP contribution in [0.1, 0.15) is 16.6 Å². The summed E-state index contributed by atoms with van der Waals surface area (Å²) in [4.78, 5) is 10.8. The zero-order valence-electron chi connectivity index (χ0n) is 10.7. The first-order chi connectivity index (χ1) is 9.48. The van der Waals surface area contributed by atoms with Gasteiger partial charge in [0, 0.05) is 6.54 Å². The third-order valence-electron chi connectivity index (χ3n) is 2.72. The number of thiophene rings is 1. The molecule has 0 fully saturated rings. The van der Waals surface area contributed by atoms with Crippen LogP contribution in [0.4, 0.5) is 5.69 Å². The van der Waals surface area contributed by atoms with Crippen molar-refractivity contribution in [2.24, 2.45) is 0 Å². The number of carboxylic acids is 1. The van der Waals surface area contributed by atoms with E-state index in [1.54, 1.807) is 37.3 Å². The normalized spacial score (nSPS) is 11.2. The van der Waals surface area contributed by atoms with Gasteiger partial charge in [0.2, 0.25) is 0 Å². The lowest BCUT2D eigenvalue weighted by atomic mass is 10.3. The Morgan fingerprint density at radius 1 is 1.25 bits per heavy atom. The fourth-order valence-electron chi connectivity index (χ4n) is 1.86. The number of para-hydroxylation sites is 1. The minimum Gasteiger partial charge on any atom is -0.477 e. The number of rotatable bonds is 5. The molecule has 1 aromatic heterocycles. The first kappa shape index (κ1) is 14.5. The topological polar surface area (TPSA) is 74.7 Å². The summed E-state index contributed by atoms with van der Waals surface area (Å²) < 4.78 is 26.4. The zero-order chi connectivity index (χ0) is 14.8. The van der Waals surface area contributed by atoms with Crippen LogP contribution in [0.3, 0.4) is 0 Å². The Kier molecular flexibility index (Phi) is 4.10. The van der Waals surface area contributed by atoms with Gasteiger partial charge in [0.1, 0.15) is 9.77 Å². The molecule has 2 rings (SSSR count). The van der Waals surface area contributed by atoms with Crippen molar-refractivity contribution < 1.29 is 18.3 Å². The van der Waals surface area contributed by atoms with Gasteiger partial charge in [-0.25, -0.2) is 13.2 Å². The summed E-state index contributed by atoms with van der Waals surface area (Å²) in [5.41, 5.74) is 0.512. The predicted octanol–water partition coefficient (Wildman–Crippen LogP) is 2.66. The second-order valence-corrected chi connectivity index (χ2v) is 6.67. The quantitative estimate of drug-likeness (QED) is 0.921. The lowest BCUT2D eigenvalue weighted by molar-refractivity contribution is 0.0698. The van der Waals surface area contributed by atoms with Crippen LogP contribution in [0.15, 0.2) is 46.7 Å². The Labute approximate surface area is 121 Å². The van der Waals surface area contributed by atoms with E-state index >= 15 is 0 Å². The van der Waals surface area contributed by atoms with E-state index < -0.39 is 16.0 Å². The van der Waals surface area contributed by atoms with E-state index in [-0.39, 0.29) is 16.3 Å². The van der Waals surface area contributed by atoms with Crippen molar-refractivity contribution in [2.45, 2.75) is 11.8 Å². The molecular weight excluding hydrogens is 298 g/mol. The van der Waals surface area contributed by atoms with Crippen LogP contribution in [0.5, 0.6) is 0 Å². The lowest BCUT2D eigenvalue weighted by Crippen LogP contribution is -2.31. The summed E-state index contributed by atoms with van der Waals surface area (Å²) >= 11 is 0.902. The van der Waals surface area contributed by atoms with Gasteiger partial charge < -0.3 is 5.11 Å². The van der Waals surface area contributed by atoms with E-state index in [0.29, 0.717) is 5.69 Å². The maximum atomic E-state index is 12.6. The molecule has 5 nitrogen and oxygen atoms in total. The Morgan fingerprint density at radius 3 is 2.45 bits per heavy atom. The van der Waals surface area contributed by atoms with E-state index in [0.717, 1.165) is 11.3 Å². The molecule has 1 aromatic carbocycles. The molecule has 0 unspecified atom stereocenters. The minimum absolute atomic E-state index is 0.166. The van der Waals surface area contributed by atoms with Gasteiger partial charge >= 0.3 is 5.97 Å². The molecule has 0 bridgehead atoms. The summed E-state index contributed by atoms with van der Waals surface area (Å²) in [6, 6.07) is 9.94. The van der Waals surface area contributed by atoms with Crippen molar-refractivity contribution in [3.63, 3.8) is 0 Å². The van der Waals surface area contributed by atoms with E-state index in [9.17, 15) is 13.2 Å². The van der Waals surface area contributed by atoms with Gasteiger partial charge in [-0.15, -0.1) is 11.3 Å². The molecule has 0 saturated carbocycles. The second-order valence-electron chi connectivity index (χ2n) is 3.92. The number of anilines is 1. The number of aromatic carboxylic acids is 1. The highest BCUT2D eigenvalue weighted by atomic mass is 32.2. The highest BCUT2D eigenvalue weighted by molar-refractivity contribution is 7.93. The predicted molar refractivity (Wildman–Crippen MR) is 77.9 cm³/mol. The maximum Gasteiger partial charge on any atom is 0.347 e. The first-order valence-electron chi connectivity index (χ1n) is 5.87. The molecule has 0 aliphatic carbocycles. The number of nitrogens with zero attached hydrogens (tertiary/aromatic N) is 1. The largest absolute Gasteiger partial charge is 0.477 e. The number of benzene rings is 1. The van der Waals surface area contributed by atoms with Crippen LogP contribution >= 0.6 is 11.3 Å². The van der Waals surface area contributed by atoms with E-state index in [1.807, 2.05) is 0 Å². The van der Waals surface area contributed by atoms with Crippen LogP contribution in [-0.2, 0) is 10.0 Å². The summed E-state index contributed by atoms with van der Waals surface area (Å²) in [6.45, 7) is 1.93. The van der Waals surface area contributed by atoms with Gasteiger partial charge in [0.05, 0.1) is 5.69 Å². The van der Waals surface area contributed by atoms with E-state index in [2.05, 4.69) is 0 Å². The van der Waals surface area contributed by atoms with Gasteiger partial charge in [-0.2, -0.15) is 0 Å². The number of carbonyl (C=O) groups is 1. The molecule has 0 amide bonds. The number of hydrogen-bond acceptors (Lipinski definition) is 4. The third kappa shape index (κ3) is 2.54. The molecule has 2 aromatic rings. The Bertz CT molecular complexity index is 707. The van der Waals surface area contributed by atoms with Crippen LogP contribution in [0, 0.1) is 0 Å². The molecule has 20 heavy (non-hydrogen) atoms. The molecule has 0 spiro atoms. The second kappa shape index (κ2) is 5.64. The average molecular weight is 311 g/mol. The molecule has 0 aliphatic heterocycles. The van der Waals surface area contributed by atoms with E-state index in [4.69, 9.17) is 5.11 Å². The Hall–Kier alpha value is -1.86. The summed E-state index contributed by atoms with van der Waals surface area (Å²) in [5.74, 6) is -1.23. The zero-order valence-corrected chi connectivity index (χ0v) is 12.3. The minimum atomic E-state index is -3.87. The number of sulfonamides is 1. The van der Waals surface area contributed by atoms with Gasteiger partial charge in [-0.3, -0.25) is 4.31 Å². The van der Waals surface area contributed by atoms with Crippen LogP contribution in [0.2, 0.25) is 0 Å². The number of hydrogen-bond donors (Lipinski definition) is 1. The van der Waals surface area contributed by atoms with Crippen molar-refractivity contribution in [1.29, 1.82) is 0 Å². The molecule has 0 saturated heterocycles. The molecule has 1 heterocycles. The highest BCUT2D eigenvalue weighted by Crippen LogP contribution is 2.28. The van der Waals surface area contributed by atoms with Crippen LogP contribution < -0.4 is 4.31 Å². The number of carboxylic acid groups (broad SMARTS) is 1. The van der Waals surface area contributed by atoms with Crippen molar-refractivity contribution in [3.05, 3.63) is 46.7 Å². The molecule has 0 aliphatic rings. The Morgan fingerprint density at radius 2 is 1.90 bits per heavy atom. The smallest absolute Gasteiger partial charge is 0.347 e. The maximum absolute atomic E-state index is 12.6. The van der Waals surface area contributed by atoms with Crippen LogP contribution in [-0.4, -0.2) is 26.0 Å². The van der Waals surface area contributed by atoms with Gasteiger partial charge in [-0.05, 0) is 30.5 Å². The lowest BCUT2D eigenvalue weighted by Gasteiger charge is -2.22. The summed E-state index contributed by atoms with van der Waals surface area (Å²) in [7, 11) is -3.87. The Balaban J connectivity index is 2.53. The van der Waals surface area contributed by atoms with E-state index in [1.165, 1.54) is 15.8 Å². The van der Waals surface area contributed by atoms with Crippen molar-refractivity contribution >= 4 is 33.0 Å². The highest BCUT2D eigenvalue weighted by Gasteiger charge is 2.29. The molecule has 1 N–H and O–H groups in total. The molecular formula is C13H13NO4S2. The monoisotopic (exact) mass is 311 g/mol. The van der Waals surface area contributed by atoms with Crippen molar-refractivity contribution in [3.8, 4) is 0 Å². The summed E-state index contributed by atoms with van der Waals surface area (Å²) in [6.07, 6.45) is 0. The van der Waals surface area contributed by atoms with Crippen LogP contribution in [0.25, 0.3) is 0 Å². The van der Waals surface area contributed by atoms with Crippen molar-refractivity contribution in [2.75, 3.05) is 10.8 Å². The fourth-order valence-corrected chi connectivity index (χ4v) is 4.57. The van der Waals surface area contributed by atoms with Gasteiger partial charge in [0.15, 0.2) is 0 Å². The standard InChI is InChI=1S/C13H13NO4S2/c1-2-14(10-6-4-3-5-7-10)20(17,18)11-8-9-19-12(11)13(15)16/h3-9H,2H2,1H3,(H,15,16). The molecule has 0 atom stereocenters. The first-order valence-corrected chi connectivity index (χ1v) is 8.19. The van der Waals surface area contributed by atoms with Crippen molar-refractivity contribution in [1.82, 2.24) is 0 Å². The molecule has 106 valence electrons. The third-order valence-corrected chi connectivity index (χ3v) is 5.70. The summed E-state index contributed by atoms with van der Waals surface area (Å²) in [5, 5.41) is 10.5. The van der Waals surface area contributed by atoms with Gasteiger partial charge in [-0.1, -0.05) is 18.2 Å². The molecule has 7 heteroatoms. The molecule has 0 radical (unpaired) electrons.